The monoisotopic (exact) mass is 267 g/mol. The summed E-state index contributed by atoms with van der Waals surface area (Å²) in [6, 6.07) is 0. The number of hydrogen-bond donors (Lipinski definition) is 4. The highest BCUT2D eigenvalue weighted by Gasteiger charge is 2.53. The first-order valence-corrected chi connectivity index (χ1v) is 5.69. The topological polar surface area (TPSA) is 140 Å². The minimum Gasteiger partial charge on any atom is -0.394 e. The van der Waals surface area contributed by atoms with E-state index in [0.717, 1.165) is 0 Å². The third kappa shape index (κ3) is 1.79. The summed E-state index contributed by atoms with van der Waals surface area (Å²) in [4.78, 5) is 13.3. The Labute approximate surface area is 108 Å². The van der Waals surface area contributed by atoms with Gasteiger partial charge in [0, 0.05) is 0 Å². The first kappa shape index (κ1) is 12.4. The Morgan fingerprint density at radius 3 is 2.79 bits per heavy atom. The van der Waals surface area contributed by atoms with Crippen molar-refractivity contribution >= 4 is 23.7 Å². The fourth-order valence-electron chi connectivity index (χ4n) is 2.17. The number of aliphatic hydroxyl groups is 3. The molecule has 0 amide bonds. The van der Waals surface area contributed by atoms with Crippen LogP contribution in [0.25, 0.3) is 0 Å². The van der Waals surface area contributed by atoms with Crippen molar-refractivity contribution < 1.29 is 20.1 Å². The standard InChI is InChI=1S/C10H13N5O4/c11-8-5-9(13-2-12-8)15(3-14-5)10-7(18)6(17)4(1-16)19-10/h2-4,6-7,10,16-18H,1H2,(H2,11,12,13)/q+1/t4-,6-,7-,10-/m1/s1. The molecule has 1 saturated heterocycles. The summed E-state index contributed by atoms with van der Waals surface area (Å²) in [5.74, 6) is 0.609. The molecule has 3 heterocycles. The molecule has 0 unspecified atom stereocenters. The van der Waals surface area contributed by atoms with Crippen molar-refractivity contribution in [3.8, 4) is 0 Å². The zero-order chi connectivity index (χ0) is 13.6. The SMILES string of the molecule is Nc1ncnc2c1N=C[N+]2[C@@H]1O[C@H](CO)[C@@H](O)[C@H]1O. The number of nitrogens with zero attached hydrogens (tertiary/aromatic N) is 4. The quantitative estimate of drug-likeness (QED) is 0.452. The minimum atomic E-state index is -1.19. The number of ether oxygens (including phenoxy) is 1. The van der Waals surface area contributed by atoms with Crippen LogP contribution in [0.2, 0.25) is 0 Å². The Kier molecular flexibility index (Phi) is 2.92. The molecule has 0 bridgehead atoms. The number of nitrogen functional groups attached to an aromatic ring is 1. The molecular weight excluding hydrogens is 254 g/mol. The highest BCUT2D eigenvalue weighted by molar-refractivity contribution is 5.87. The average molecular weight is 267 g/mol. The van der Waals surface area contributed by atoms with Gasteiger partial charge in [-0.15, -0.1) is 0 Å². The fraction of sp³-hybridized carbons (Fsp3) is 0.500. The van der Waals surface area contributed by atoms with Gasteiger partial charge in [0.1, 0.15) is 18.5 Å². The van der Waals surface area contributed by atoms with Crippen LogP contribution in [0.4, 0.5) is 17.3 Å². The van der Waals surface area contributed by atoms with Gasteiger partial charge in [0.25, 0.3) is 6.23 Å². The van der Waals surface area contributed by atoms with Gasteiger partial charge in [-0.25, -0.2) is 4.98 Å². The lowest BCUT2D eigenvalue weighted by Crippen LogP contribution is -2.44. The van der Waals surface area contributed by atoms with E-state index < -0.39 is 31.1 Å². The van der Waals surface area contributed by atoms with Crippen LogP contribution in [-0.4, -0.2) is 62.8 Å². The van der Waals surface area contributed by atoms with Gasteiger partial charge in [-0.2, -0.15) is 9.98 Å². The van der Waals surface area contributed by atoms with Gasteiger partial charge < -0.3 is 25.8 Å². The molecule has 1 radical (unpaired) electrons. The van der Waals surface area contributed by atoms with E-state index in [0.29, 0.717) is 11.5 Å². The maximum Gasteiger partial charge on any atom is 0.317 e. The van der Waals surface area contributed by atoms with Gasteiger partial charge in [0.2, 0.25) is 6.34 Å². The Morgan fingerprint density at radius 2 is 2.11 bits per heavy atom. The van der Waals surface area contributed by atoms with Gasteiger partial charge in [-0.3, -0.25) is 0 Å². The fourth-order valence-corrected chi connectivity index (χ4v) is 2.17. The van der Waals surface area contributed by atoms with Crippen molar-refractivity contribution in [2.24, 2.45) is 4.99 Å². The number of hydrogen-bond acceptors (Lipinski definition) is 9. The second kappa shape index (κ2) is 4.47. The zero-order valence-corrected chi connectivity index (χ0v) is 9.79. The van der Waals surface area contributed by atoms with Crippen LogP contribution >= 0.6 is 0 Å². The summed E-state index contributed by atoms with van der Waals surface area (Å²) < 4.78 is 5.40. The normalized spacial score (nSPS) is 33.8. The number of nitrogens with two attached hydrogens (primary N) is 1. The number of aliphatic hydroxyl groups excluding tert-OH is 3. The van der Waals surface area contributed by atoms with Gasteiger partial charge in [0.15, 0.2) is 17.6 Å². The molecule has 5 N–H and O–H groups in total. The first-order chi connectivity index (χ1) is 9.13. The summed E-state index contributed by atoms with van der Waals surface area (Å²) in [6.45, 7) is -0.390. The number of fused-ring (bicyclic) bond motifs is 1. The molecule has 2 aliphatic heterocycles. The van der Waals surface area contributed by atoms with Crippen molar-refractivity contribution in [1.82, 2.24) is 14.9 Å². The predicted molar refractivity (Wildman–Crippen MR) is 64.2 cm³/mol. The molecule has 0 aromatic carbocycles. The van der Waals surface area contributed by atoms with Crippen LogP contribution in [0.3, 0.4) is 0 Å². The maximum atomic E-state index is 9.95. The molecule has 101 valence electrons. The molecule has 1 fully saturated rings. The van der Waals surface area contributed by atoms with E-state index in [1.54, 1.807) is 0 Å². The Bertz CT molecular complexity index is 525. The van der Waals surface area contributed by atoms with E-state index in [2.05, 4.69) is 15.0 Å². The third-order valence-corrected chi connectivity index (χ3v) is 3.18. The molecule has 19 heavy (non-hydrogen) atoms. The Balaban J connectivity index is 1.91. The molecule has 0 aliphatic carbocycles. The lowest BCUT2D eigenvalue weighted by molar-refractivity contribution is -0.0365. The summed E-state index contributed by atoms with van der Waals surface area (Å²) in [7, 11) is 0. The lowest BCUT2D eigenvalue weighted by atomic mass is 10.1. The minimum absolute atomic E-state index is 0.218. The van der Waals surface area contributed by atoms with Crippen LogP contribution in [0.5, 0.6) is 0 Å². The summed E-state index contributed by atoms with van der Waals surface area (Å²) in [5.41, 5.74) is 6.05. The van der Waals surface area contributed by atoms with Crippen LogP contribution in [0, 0.1) is 0 Å². The second-order valence-electron chi connectivity index (χ2n) is 4.31. The summed E-state index contributed by atoms with van der Waals surface area (Å²) in [6.07, 6.45) is -1.42. The van der Waals surface area contributed by atoms with Crippen LogP contribution < -0.4 is 10.6 Å². The maximum absolute atomic E-state index is 9.95. The number of aromatic nitrogens is 2. The molecule has 9 nitrogen and oxygen atoms in total. The first-order valence-electron chi connectivity index (χ1n) is 5.69. The molecule has 2 aliphatic rings. The molecular formula is C10H13N5O4+. The van der Waals surface area contributed by atoms with Crippen molar-refractivity contribution in [3.63, 3.8) is 0 Å². The smallest absolute Gasteiger partial charge is 0.317 e. The van der Waals surface area contributed by atoms with E-state index in [1.165, 1.54) is 17.6 Å². The van der Waals surface area contributed by atoms with Crippen molar-refractivity contribution in [2.75, 3.05) is 12.3 Å². The summed E-state index contributed by atoms with van der Waals surface area (Å²) in [5, 5.41) is 28.7. The van der Waals surface area contributed by atoms with Gasteiger partial charge in [-0.1, -0.05) is 0 Å². The molecule has 4 atom stereocenters. The third-order valence-electron chi connectivity index (χ3n) is 3.18. The van der Waals surface area contributed by atoms with E-state index in [1.807, 2.05) is 0 Å². The van der Waals surface area contributed by atoms with Crippen molar-refractivity contribution in [3.05, 3.63) is 6.33 Å². The second-order valence-corrected chi connectivity index (χ2v) is 4.31. The zero-order valence-electron chi connectivity index (χ0n) is 9.79. The summed E-state index contributed by atoms with van der Waals surface area (Å²) >= 11 is 0. The molecule has 3 rings (SSSR count). The van der Waals surface area contributed by atoms with Crippen molar-refractivity contribution in [1.29, 1.82) is 0 Å². The van der Waals surface area contributed by atoms with E-state index >= 15 is 0 Å². The predicted octanol–water partition coefficient (Wildman–Crippen LogP) is -2.06. The Hall–Kier alpha value is -1.65. The van der Waals surface area contributed by atoms with E-state index in [4.69, 9.17) is 15.6 Å². The lowest BCUT2D eigenvalue weighted by Gasteiger charge is -2.12. The molecule has 1 aromatic heterocycles. The molecule has 1 aromatic rings. The molecule has 0 saturated carbocycles. The van der Waals surface area contributed by atoms with Crippen LogP contribution in [0.15, 0.2) is 11.3 Å². The van der Waals surface area contributed by atoms with E-state index in [-0.39, 0.29) is 5.82 Å². The Morgan fingerprint density at radius 1 is 1.32 bits per heavy atom. The molecule has 0 spiro atoms. The average Bonchev–Trinajstić information content (AvgIpc) is 2.94. The highest BCUT2D eigenvalue weighted by Crippen LogP contribution is 2.37. The van der Waals surface area contributed by atoms with Crippen LogP contribution in [0.1, 0.15) is 0 Å². The van der Waals surface area contributed by atoms with Gasteiger partial charge >= 0.3 is 5.82 Å². The van der Waals surface area contributed by atoms with Gasteiger partial charge in [0.05, 0.1) is 6.61 Å². The van der Waals surface area contributed by atoms with E-state index in [9.17, 15) is 10.2 Å². The largest absolute Gasteiger partial charge is 0.394 e. The number of anilines is 2. The number of aliphatic imine (C=N–C) groups is 1. The molecule has 9 heteroatoms. The van der Waals surface area contributed by atoms with Crippen LogP contribution in [-0.2, 0) is 4.74 Å². The van der Waals surface area contributed by atoms with Crippen molar-refractivity contribution in [2.45, 2.75) is 24.5 Å². The highest BCUT2D eigenvalue weighted by atomic mass is 16.6. The van der Waals surface area contributed by atoms with Gasteiger partial charge in [-0.05, 0) is 4.90 Å². The number of rotatable bonds is 2.